The van der Waals surface area contributed by atoms with E-state index in [1.807, 2.05) is 12.1 Å². The first-order valence-electron chi connectivity index (χ1n) is 9.23. The van der Waals surface area contributed by atoms with Gasteiger partial charge < -0.3 is 15.5 Å². The molecule has 144 valence electrons. The zero-order valence-electron chi connectivity index (χ0n) is 15.5. The average molecular weight is 395 g/mol. The zero-order chi connectivity index (χ0) is 19.5. The molecule has 2 aromatic heterocycles. The van der Waals surface area contributed by atoms with Crippen LogP contribution in [0.25, 0.3) is 10.3 Å². The molecule has 0 aliphatic carbocycles. The summed E-state index contributed by atoms with van der Waals surface area (Å²) in [6.07, 6.45) is 3.51. The lowest BCUT2D eigenvalue weighted by Crippen LogP contribution is -2.44. The van der Waals surface area contributed by atoms with Crippen LogP contribution < -0.4 is 15.5 Å². The number of hydrogen-bond acceptors (Lipinski definition) is 6. The summed E-state index contributed by atoms with van der Waals surface area (Å²) >= 11 is 1.60. The van der Waals surface area contributed by atoms with Crippen LogP contribution in [0.4, 0.5) is 10.8 Å². The summed E-state index contributed by atoms with van der Waals surface area (Å²) in [4.78, 5) is 36.0. The van der Waals surface area contributed by atoms with E-state index in [1.54, 1.807) is 41.8 Å². The molecule has 3 aromatic rings. The molecular weight excluding hydrogens is 374 g/mol. The first kappa shape index (κ1) is 18.4. The van der Waals surface area contributed by atoms with E-state index >= 15 is 0 Å². The molecule has 0 unspecified atom stereocenters. The monoisotopic (exact) mass is 395 g/mol. The predicted molar refractivity (Wildman–Crippen MR) is 111 cm³/mol. The summed E-state index contributed by atoms with van der Waals surface area (Å²) in [5, 5.41) is 6.80. The first-order chi connectivity index (χ1) is 13.6. The summed E-state index contributed by atoms with van der Waals surface area (Å²) in [6.45, 7) is 3.13. The molecule has 1 saturated heterocycles. The van der Waals surface area contributed by atoms with E-state index in [0.29, 0.717) is 11.3 Å². The fourth-order valence-corrected chi connectivity index (χ4v) is 4.28. The van der Waals surface area contributed by atoms with Crippen molar-refractivity contribution in [2.75, 3.05) is 23.3 Å². The maximum Gasteiger partial charge on any atom is 0.251 e. The van der Waals surface area contributed by atoms with Crippen LogP contribution >= 0.6 is 11.3 Å². The third-order valence-corrected chi connectivity index (χ3v) is 5.74. The normalized spacial score (nSPS) is 14.8. The molecule has 28 heavy (non-hydrogen) atoms. The molecule has 0 spiro atoms. The van der Waals surface area contributed by atoms with E-state index in [1.165, 1.54) is 6.92 Å². The summed E-state index contributed by atoms with van der Waals surface area (Å²) in [5.41, 5.74) is 2.10. The van der Waals surface area contributed by atoms with Crippen molar-refractivity contribution in [3.63, 3.8) is 0 Å². The number of fused-ring (bicyclic) bond motifs is 1. The number of rotatable bonds is 4. The van der Waals surface area contributed by atoms with E-state index in [0.717, 1.165) is 41.4 Å². The summed E-state index contributed by atoms with van der Waals surface area (Å²) < 4.78 is 0. The SMILES string of the molecule is CC(=O)Nc1cccc(C(=O)NC2CCN(c3nc4cccnc4s3)CC2)c1. The van der Waals surface area contributed by atoms with Gasteiger partial charge in [0.05, 0.1) is 0 Å². The molecule has 1 aromatic carbocycles. The van der Waals surface area contributed by atoms with Crippen LogP contribution in [0.1, 0.15) is 30.1 Å². The highest BCUT2D eigenvalue weighted by Gasteiger charge is 2.23. The number of amides is 2. The number of nitrogens with one attached hydrogen (secondary N) is 2. The van der Waals surface area contributed by atoms with Gasteiger partial charge >= 0.3 is 0 Å². The Balaban J connectivity index is 1.35. The third-order valence-electron chi connectivity index (χ3n) is 4.70. The van der Waals surface area contributed by atoms with Crippen LogP contribution in [0.2, 0.25) is 0 Å². The van der Waals surface area contributed by atoms with Crippen molar-refractivity contribution in [2.45, 2.75) is 25.8 Å². The second kappa shape index (κ2) is 7.93. The van der Waals surface area contributed by atoms with E-state index < -0.39 is 0 Å². The fraction of sp³-hybridized carbons (Fsp3) is 0.300. The van der Waals surface area contributed by atoms with Crippen LogP contribution in [-0.2, 0) is 4.79 Å². The number of piperidine rings is 1. The van der Waals surface area contributed by atoms with Gasteiger partial charge in [0.25, 0.3) is 5.91 Å². The number of thiazole rings is 1. The molecule has 0 saturated carbocycles. The standard InChI is InChI=1S/C20H21N5O2S/c1-13(26)22-16-5-2-4-14(12-16)18(27)23-15-7-10-25(11-8-15)20-24-17-6-3-9-21-19(17)28-20/h2-6,9,12,15H,7-8,10-11H2,1H3,(H,22,26)(H,23,27). The second-order valence-corrected chi connectivity index (χ2v) is 7.78. The van der Waals surface area contributed by atoms with Crippen LogP contribution in [0.15, 0.2) is 42.6 Å². The molecule has 0 radical (unpaired) electrons. The molecule has 0 atom stereocenters. The summed E-state index contributed by atoms with van der Waals surface area (Å²) in [7, 11) is 0. The lowest BCUT2D eigenvalue weighted by molar-refractivity contribution is -0.114. The van der Waals surface area contributed by atoms with E-state index in [2.05, 4.69) is 25.5 Å². The Bertz CT molecular complexity index is 978. The third kappa shape index (κ3) is 4.12. The predicted octanol–water partition coefficient (Wildman–Crippen LogP) is 3.05. The molecular formula is C20H21N5O2S. The zero-order valence-corrected chi connectivity index (χ0v) is 16.3. The van der Waals surface area contributed by atoms with Crippen molar-refractivity contribution in [1.29, 1.82) is 0 Å². The van der Waals surface area contributed by atoms with Gasteiger partial charge in [0.2, 0.25) is 5.91 Å². The van der Waals surface area contributed by atoms with Gasteiger partial charge in [-0.25, -0.2) is 9.97 Å². The van der Waals surface area contributed by atoms with Gasteiger partial charge in [-0.3, -0.25) is 9.59 Å². The number of carbonyl (C=O) groups excluding carboxylic acids is 2. The fourth-order valence-electron chi connectivity index (χ4n) is 3.32. The van der Waals surface area contributed by atoms with Crippen LogP contribution in [0, 0.1) is 0 Å². The number of carbonyl (C=O) groups is 2. The summed E-state index contributed by atoms with van der Waals surface area (Å²) in [5.74, 6) is -0.273. The van der Waals surface area contributed by atoms with E-state index in [9.17, 15) is 9.59 Å². The highest BCUT2D eigenvalue weighted by Crippen LogP contribution is 2.29. The summed E-state index contributed by atoms with van der Waals surface area (Å²) in [6, 6.07) is 11.0. The van der Waals surface area contributed by atoms with Crippen molar-refractivity contribution in [2.24, 2.45) is 0 Å². The molecule has 2 amide bonds. The molecule has 0 bridgehead atoms. The van der Waals surface area contributed by atoms with Gasteiger partial charge in [0, 0.05) is 43.5 Å². The molecule has 7 nitrogen and oxygen atoms in total. The van der Waals surface area contributed by atoms with E-state index in [-0.39, 0.29) is 17.9 Å². The Labute approximate surface area is 166 Å². The van der Waals surface area contributed by atoms with E-state index in [4.69, 9.17) is 0 Å². The Morgan fingerprint density at radius 2 is 2.00 bits per heavy atom. The number of hydrogen-bond donors (Lipinski definition) is 2. The number of pyridine rings is 1. The Hall–Kier alpha value is -3.00. The number of anilines is 2. The van der Waals surface area contributed by atoms with Crippen molar-refractivity contribution in [3.8, 4) is 0 Å². The van der Waals surface area contributed by atoms with Crippen molar-refractivity contribution in [3.05, 3.63) is 48.2 Å². The molecule has 1 aliphatic rings. The minimum absolute atomic E-state index is 0.116. The van der Waals surface area contributed by atoms with Gasteiger partial charge in [-0.2, -0.15) is 0 Å². The number of nitrogens with zero attached hydrogens (tertiary/aromatic N) is 3. The molecule has 8 heteroatoms. The van der Waals surface area contributed by atoms with Crippen molar-refractivity contribution < 1.29 is 9.59 Å². The molecule has 4 rings (SSSR count). The van der Waals surface area contributed by atoms with Gasteiger partial charge in [0.1, 0.15) is 10.3 Å². The second-order valence-electron chi connectivity index (χ2n) is 6.82. The largest absolute Gasteiger partial charge is 0.349 e. The maximum absolute atomic E-state index is 12.6. The molecule has 1 fully saturated rings. The Morgan fingerprint density at radius 1 is 1.18 bits per heavy atom. The number of aromatic nitrogens is 2. The van der Waals surface area contributed by atoms with Gasteiger partial charge in [-0.05, 0) is 43.2 Å². The topological polar surface area (TPSA) is 87.2 Å². The quantitative estimate of drug-likeness (QED) is 0.709. The lowest BCUT2D eigenvalue weighted by atomic mass is 10.0. The van der Waals surface area contributed by atoms with Gasteiger partial charge in [-0.1, -0.05) is 17.4 Å². The van der Waals surface area contributed by atoms with Gasteiger partial charge in [-0.15, -0.1) is 0 Å². The van der Waals surface area contributed by atoms with Gasteiger partial charge in [0.15, 0.2) is 5.13 Å². The van der Waals surface area contributed by atoms with Crippen molar-refractivity contribution in [1.82, 2.24) is 15.3 Å². The maximum atomic E-state index is 12.6. The first-order valence-corrected chi connectivity index (χ1v) is 10.0. The molecule has 3 heterocycles. The highest BCUT2D eigenvalue weighted by atomic mass is 32.1. The molecule has 1 aliphatic heterocycles. The van der Waals surface area contributed by atoms with Crippen molar-refractivity contribution >= 4 is 44.3 Å². The Kier molecular flexibility index (Phi) is 5.21. The minimum Gasteiger partial charge on any atom is -0.349 e. The highest BCUT2D eigenvalue weighted by molar-refractivity contribution is 7.21. The number of benzene rings is 1. The smallest absolute Gasteiger partial charge is 0.251 e. The van der Waals surface area contributed by atoms with Crippen LogP contribution in [0.3, 0.4) is 0 Å². The molecule has 2 N–H and O–H groups in total. The lowest BCUT2D eigenvalue weighted by Gasteiger charge is -2.32. The van der Waals surface area contributed by atoms with Crippen LogP contribution in [0.5, 0.6) is 0 Å². The minimum atomic E-state index is -0.157. The van der Waals surface area contributed by atoms with Crippen LogP contribution in [-0.4, -0.2) is 40.9 Å². The Morgan fingerprint density at radius 3 is 2.75 bits per heavy atom. The average Bonchev–Trinajstić information content (AvgIpc) is 3.12.